The van der Waals surface area contributed by atoms with Crippen molar-refractivity contribution in [2.24, 2.45) is 0 Å². The molecule has 0 spiro atoms. The molecule has 2 heterocycles. The Kier molecular flexibility index (Phi) is 5.59. The monoisotopic (exact) mass is 424 g/mol. The number of ketones is 1. The normalized spacial score (nSPS) is 15.5. The van der Waals surface area contributed by atoms with Crippen molar-refractivity contribution in [3.05, 3.63) is 76.7 Å². The number of carbonyl (C=O) groups excluding carboxylic acids is 1. The summed E-state index contributed by atoms with van der Waals surface area (Å²) >= 11 is 1.35. The molecule has 1 unspecified atom stereocenters. The predicted octanol–water partition coefficient (Wildman–Crippen LogP) is 4.60. The Morgan fingerprint density at radius 2 is 1.97 bits per heavy atom. The van der Waals surface area contributed by atoms with Crippen molar-refractivity contribution in [3.8, 4) is 5.75 Å². The van der Waals surface area contributed by atoms with Gasteiger partial charge in [-0.2, -0.15) is 4.98 Å². The molecule has 1 aliphatic rings. The van der Waals surface area contributed by atoms with Crippen LogP contribution < -0.4 is 10.1 Å². The number of aromatic nitrogens is 3. The number of hydrogen-bond acceptors (Lipinski definition) is 6. The lowest BCUT2D eigenvalue weighted by atomic mass is 9.93. The molecule has 0 bridgehead atoms. The number of fused-ring (bicyclic) bond motifs is 1. The van der Waals surface area contributed by atoms with Crippen LogP contribution in [0.1, 0.15) is 31.0 Å². The van der Waals surface area contributed by atoms with Gasteiger partial charge in [-0.25, -0.2) is 9.07 Å². The number of halogens is 1. The van der Waals surface area contributed by atoms with Crippen LogP contribution in [-0.4, -0.2) is 27.7 Å². The smallest absolute Gasteiger partial charge is 0.227 e. The van der Waals surface area contributed by atoms with Gasteiger partial charge < -0.3 is 10.1 Å². The number of hydrogen-bond donors (Lipinski definition) is 1. The summed E-state index contributed by atoms with van der Waals surface area (Å²) in [6, 6.07) is 13.8. The van der Waals surface area contributed by atoms with Crippen LogP contribution in [0, 0.1) is 5.82 Å². The molecule has 1 atom stereocenters. The summed E-state index contributed by atoms with van der Waals surface area (Å²) in [4.78, 5) is 17.0. The van der Waals surface area contributed by atoms with Gasteiger partial charge in [-0.3, -0.25) is 4.79 Å². The predicted molar refractivity (Wildman–Crippen MR) is 114 cm³/mol. The van der Waals surface area contributed by atoms with Crippen molar-refractivity contribution in [2.75, 3.05) is 12.4 Å². The van der Waals surface area contributed by atoms with Crippen LogP contribution in [0.15, 0.2) is 65.0 Å². The number of carbonyl (C=O) groups is 1. The summed E-state index contributed by atoms with van der Waals surface area (Å²) in [6.07, 6.45) is 0. The van der Waals surface area contributed by atoms with E-state index in [0.717, 1.165) is 17.0 Å². The number of Topliss-reactive ketones (excluding diaryl/α,β-unsaturated/α-hetero) is 1. The first kappa shape index (κ1) is 20.2. The second-order valence-electron chi connectivity index (χ2n) is 6.94. The molecule has 1 N–H and O–H groups in total. The molecular formula is C22H21FN4O2S. The van der Waals surface area contributed by atoms with Crippen molar-refractivity contribution in [3.63, 3.8) is 0 Å². The zero-order chi connectivity index (χ0) is 21.3. The Morgan fingerprint density at radius 3 is 2.63 bits per heavy atom. The number of nitrogens with one attached hydrogen (secondary N) is 1. The lowest BCUT2D eigenvalue weighted by molar-refractivity contribution is -0.114. The lowest BCUT2D eigenvalue weighted by Crippen LogP contribution is -2.27. The van der Waals surface area contributed by atoms with Crippen LogP contribution in [0.2, 0.25) is 0 Å². The molecule has 154 valence electrons. The van der Waals surface area contributed by atoms with Gasteiger partial charge in [0.05, 0.1) is 7.11 Å². The van der Waals surface area contributed by atoms with E-state index in [1.54, 1.807) is 36.9 Å². The van der Waals surface area contributed by atoms with Crippen molar-refractivity contribution >= 4 is 23.5 Å². The summed E-state index contributed by atoms with van der Waals surface area (Å²) < 4.78 is 20.9. The van der Waals surface area contributed by atoms with Crippen LogP contribution in [0.5, 0.6) is 5.75 Å². The van der Waals surface area contributed by atoms with E-state index in [-0.39, 0.29) is 11.6 Å². The van der Waals surface area contributed by atoms with Gasteiger partial charge >= 0.3 is 0 Å². The molecule has 3 aromatic rings. The van der Waals surface area contributed by atoms with Crippen LogP contribution in [0.25, 0.3) is 0 Å². The van der Waals surface area contributed by atoms with Crippen LogP contribution in [0.4, 0.5) is 10.3 Å². The largest absolute Gasteiger partial charge is 0.497 e. The average Bonchev–Trinajstić information content (AvgIpc) is 3.14. The van der Waals surface area contributed by atoms with Gasteiger partial charge in [0.2, 0.25) is 11.1 Å². The fourth-order valence-corrected chi connectivity index (χ4v) is 4.32. The van der Waals surface area contributed by atoms with E-state index in [1.807, 2.05) is 31.2 Å². The lowest BCUT2D eigenvalue weighted by Gasteiger charge is -2.28. The highest BCUT2D eigenvalue weighted by Crippen LogP contribution is 2.37. The van der Waals surface area contributed by atoms with E-state index in [0.29, 0.717) is 28.0 Å². The molecule has 4 rings (SSSR count). The minimum atomic E-state index is -0.403. The Balaban J connectivity index is 1.69. The molecule has 0 saturated heterocycles. The van der Waals surface area contributed by atoms with E-state index < -0.39 is 6.04 Å². The fraction of sp³-hybridized carbons (Fsp3) is 0.227. The number of allylic oxidation sites excluding steroid dienone is 2. The first-order valence-corrected chi connectivity index (χ1v) is 10.4. The molecule has 0 radical (unpaired) electrons. The number of ether oxygens (including phenoxy) is 1. The van der Waals surface area contributed by atoms with E-state index in [1.165, 1.54) is 17.8 Å². The molecule has 1 aromatic heterocycles. The molecule has 0 fully saturated rings. The summed E-state index contributed by atoms with van der Waals surface area (Å²) in [5, 5.41) is 8.32. The van der Waals surface area contributed by atoms with Gasteiger partial charge in [0, 0.05) is 17.0 Å². The zero-order valence-corrected chi connectivity index (χ0v) is 17.7. The molecule has 0 amide bonds. The first-order chi connectivity index (χ1) is 14.5. The molecule has 0 saturated carbocycles. The number of rotatable bonds is 6. The summed E-state index contributed by atoms with van der Waals surface area (Å²) in [7, 11) is 1.61. The van der Waals surface area contributed by atoms with Crippen molar-refractivity contribution in [1.29, 1.82) is 0 Å². The third kappa shape index (κ3) is 3.82. The third-order valence-electron chi connectivity index (χ3n) is 4.96. The quantitative estimate of drug-likeness (QED) is 0.584. The molecule has 30 heavy (non-hydrogen) atoms. The van der Waals surface area contributed by atoms with Gasteiger partial charge in [0.25, 0.3) is 0 Å². The van der Waals surface area contributed by atoms with Gasteiger partial charge in [-0.05, 0) is 43.2 Å². The van der Waals surface area contributed by atoms with E-state index in [4.69, 9.17) is 4.74 Å². The zero-order valence-electron chi connectivity index (χ0n) is 16.8. The topological polar surface area (TPSA) is 69.0 Å². The minimum Gasteiger partial charge on any atom is -0.497 e. The van der Waals surface area contributed by atoms with Crippen LogP contribution in [0.3, 0.4) is 0 Å². The summed E-state index contributed by atoms with van der Waals surface area (Å²) in [5.41, 5.74) is 2.87. The number of methoxy groups -OCH3 is 1. The maximum atomic E-state index is 13.9. The number of benzene rings is 2. The van der Waals surface area contributed by atoms with Gasteiger partial charge in [0.1, 0.15) is 17.6 Å². The second-order valence-corrected chi connectivity index (χ2v) is 7.88. The van der Waals surface area contributed by atoms with Gasteiger partial charge in [-0.15, -0.1) is 5.10 Å². The minimum absolute atomic E-state index is 0.0393. The molecule has 8 heteroatoms. The highest BCUT2D eigenvalue weighted by Gasteiger charge is 2.32. The van der Waals surface area contributed by atoms with Gasteiger partial charge in [0.15, 0.2) is 5.78 Å². The molecule has 6 nitrogen and oxygen atoms in total. The second kappa shape index (κ2) is 8.31. The highest BCUT2D eigenvalue weighted by molar-refractivity contribution is 7.98. The number of thioether (sulfide) groups is 1. The Bertz CT molecular complexity index is 1120. The molecule has 1 aliphatic heterocycles. The number of nitrogens with zero attached hydrogens (tertiary/aromatic N) is 3. The Morgan fingerprint density at radius 1 is 1.23 bits per heavy atom. The molecule has 2 aromatic carbocycles. The maximum Gasteiger partial charge on any atom is 0.227 e. The average molecular weight is 425 g/mol. The summed E-state index contributed by atoms with van der Waals surface area (Å²) in [6.45, 7) is 3.41. The van der Waals surface area contributed by atoms with Crippen molar-refractivity contribution < 1.29 is 13.9 Å². The van der Waals surface area contributed by atoms with Crippen molar-refractivity contribution in [2.45, 2.75) is 30.8 Å². The standard InChI is InChI=1S/C22H21FN4O2S/c1-13-19(14(2)28)20(15-8-10-17(29-3)11-9-15)27-21(24-13)25-22(26-27)30-12-16-6-4-5-7-18(16)23/h4-11,20H,12H2,1-3H3,(H,24,25,26). The van der Waals surface area contributed by atoms with Crippen LogP contribution in [-0.2, 0) is 10.5 Å². The SMILES string of the molecule is COc1ccc(C2C(C(C)=O)=C(C)Nc3nc(SCc4ccccc4F)nn32)cc1. The Labute approximate surface area is 178 Å². The molecule has 0 aliphatic carbocycles. The third-order valence-corrected chi connectivity index (χ3v) is 5.85. The van der Waals surface area contributed by atoms with Gasteiger partial charge in [-0.1, -0.05) is 42.1 Å². The van der Waals surface area contributed by atoms with Crippen molar-refractivity contribution in [1.82, 2.24) is 14.8 Å². The maximum absolute atomic E-state index is 13.9. The summed E-state index contributed by atoms with van der Waals surface area (Å²) in [5.74, 6) is 1.41. The van der Waals surface area contributed by atoms with Crippen LogP contribution >= 0.6 is 11.8 Å². The first-order valence-electron chi connectivity index (χ1n) is 9.43. The highest BCUT2D eigenvalue weighted by atomic mass is 32.2. The Hall–Kier alpha value is -3.13. The number of anilines is 1. The molecular weight excluding hydrogens is 403 g/mol. The fourth-order valence-electron chi connectivity index (χ4n) is 3.50. The van der Waals surface area contributed by atoms with E-state index in [2.05, 4.69) is 15.4 Å². The van der Waals surface area contributed by atoms with E-state index in [9.17, 15) is 9.18 Å². The van der Waals surface area contributed by atoms with E-state index >= 15 is 0 Å².